The molecule has 0 bridgehead atoms. The van der Waals surface area contributed by atoms with E-state index in [0.29, 0.717) is 22.7 Å². The molecule has 1 fully saturated rings. The van der Waals surface area contributed by atoms with E-state index < -0.39 is 0 Å². The first-order valence-corrected chi connectivity index (χ1v) is 13.9. The van der Waals surface area contributed by atoms with E-state index >= 15 is 0 Å². The van der Waals surface area contributed by atoms with Crippen LogP contribution in [0.2, 0.25) is 5.02 Å². The van der Waals surface area contributed by atoms with E-state index in [1.165, 1.54) is 17.7 Å². The van der Waals surface area contributed by atoms with Crippen LogP contribution < -0.4 is 5.32 Å². The van der Waals surface area contributed by atoms with E-state index in [9.17, 15) is 4.79 Å². The Hall–Kier alpha value is -3.48. The number of carbonyl (C=O) groups excluding carboxylic acids is 1. The Morgan fingerprint density at radius 2 is 1.97 bits per heavy atom. The first kappa shape index (κ1) is 28.5. The first-order valence-electron chi connectivity index (χ1n) is 13.5. The number of amidine groups is 1. The highest BCUT2D eigenvalue weighted by molar-refractivity contribution is 6.31. The van der Waals surface area contributed by atoms with Crippen molar-refractivity contribution in [3.05, 3.63) is 93.7 Å². The fourth-order valence-corrected chi connectivity index (χ4v) is 5.01. The maximum absolute atomic E-state index is 13.7. The molecule has 39 heavy (non-hydrogen) atoms. The zero-order chi connectivity index (χ0) is 28.3. The Kier molecular flexibility index (Phi) is 8.88. The molecule has 0 radical (unpaired) electrons. The topological polar surface area (TPSA) is 83.3 Å². The molecule has 0 spiro atoms. The number of hydrogen-bond donors (Lipinski definition) is 3. The van der Waals surface area contributed by atoms with Crippen LogP contribution in [-0.4, -0.2) is 47.5 Å². The van der Waals surface area contributed by atoms with Crippen LogP contribution in [0.1, 0.15) is 61.5 Å². The number of amides is 1. The summed E-state index contributed by atoms with van der Waals surface area (Å²) in [6.07, 6.45) is 8.67. The maximum atomic E-state index is 13.7. The standard InChI is InChI=1S/C32H38ClN5O/c1-6-27(14-25(13-20(2)3)21(4)36-17-22-7-8-22)38-18-24-10-9-23(15-29(24)32(38)39)28-12-11-26(33)16-30(28)31(35)37(5)19-34/h9-16,19,21-22,34-36H,2,6-8,17-18H2,1,3-5H3/b25-13+,27-14+,34-19?,35-31?. The molecule has 1 saturated carbocycles. The monoisotopic (exact) mass is 543 g/mol. The van der Waals surface area contributed by atoms with E-state index in [2.05, 4.69) is 37.9 Å². The highest BCUT2D eigenvalue weighted by Gasteiger charge is 2.30. The van der Waals surface area contributed by atoms with E-state index in [1.54, 1.807) is 19.2 Å². The SMILES string of the molecule is C=C(C)/C=C(\C=C(/CC)N1Cc2ccc(-c3ccc(Cl)cc3C(=N)N(C)C=N)cc2C1=O)C(C)NCC1CC1. The van der Waals surface area contributed by atoms with E-state index in [0.717, 1.165) is 58.8 Å². The van der Waals surface area contributed by atoms with Gasteiger partial charge in [-0.3, -0.25) is 15.6 Å². The summed E-state index contributed by atoms with van der Waals surface area (Å²) in [4.78, 5) is 17.0. The second-order valence-corrected chi connectivity index (χ2v) is 11.0. The summed E-state index contributed by atoms with van der Waals surface area (Å²) in [6, 6.07) is 11.4. The van der Waals surface area contributed by atoms with Crippen molar-refractivity contribution >= 4 is 29.7 Å². The molecule has 2 aliphatic rings. The fraction of sp³-hybridized carbons (Fsp3) is 0.344. The summed E-state index contributed by atoms with van der Waals surface area (Å²) in [6.45, 7) is 11.9. The molecule has 6 nitrogen and oxygen atoms in total. The number of rotatable bonds is 11. The number of nitrogens with zero attached hydrogens (tertiary/aromatic N) is 2. The lowest BCUT2D eigenvalue weighted by Crippen LogP contribution is -2.30. The number of benzene rings is 2. The summed E-state index contributed by atoms with van der Waals surface area (Å²) in [5.41, 5.74) is 6.97. The Labute approximate surface area is 237 Å². The third kappa shape index (κ3) is 6.57. The summed E-state index contributed by atoms with van der Waals surface area (Å²) in [5.74, 6) is 0.927. The normalized spacial score (nSPS) is 16.2. The largest absolute Gasteiger partial charge is 0.321 e. The van der Waals surface area contributed by atoms with Crippen molar-refractivity contribution in [2.45, 2.75) is 52.6 Å². The van der Waals surface area contributed by atoms with Crippen molar-refractivity contribution < 1.29 is 4.79 Å². The smallest absolute Gasteiger partial charge is 0.258 e. The number of halogens is 1. The van der Waals surface area contributed by atoms with Crippen LogP contribution >= 0.6 is 11.6 Å². The van der Waals surface area contributed by atoms with Crippen LogP contribution in [0.3, 0.4) is 0 Å². The summed E-state index contributed by atoms with van der Waals surface area (Å²) < 4.78 is 0. The molecule has 0 aromatic heterocycles. The maximum Gasteiger partial charge on any atom is 0.258 e. The van der Waals surface area contributed by atoms with Gasteiger partial charge < -0.3 is 15.1 Å². The minimum atomic E-state index is -0.0181. The van der Waals surface area contributed by atoms with Gasteiger partial charge in [0.15, 0.2) is 0 Å². The average molecular weight is 544 g/mol. The predicted molar refractivity (Wildman–Crippen MR) is 162 cm³/mol. The van der Waals surface area contributed by atoms with Crippen molar-refractivity contribution in [3.8, 4) is 11.1 Å². The molecule has 1 aliphatic heterocycles. The molecule has 2 aromatic rings. The van der Waals surface area contributed by atoms with E-state index in [-0.39, 0.29) is 17.8 Å². The quantitative estimate of drug-likeness (QED) is 0.162. The molecule has 1 atom stereocenters. The number of allylic oxidation sites excluding steroid dienone is 3. The van der Waals surface area contributed by atoms with Crippen molar-refractivity contribution in [3.63, 3.8) is 0 Å². The molecule has 1 amide bonds. The lowest BCUT2D eigenvalue weighted by molar-refractivity contribution is 0.0822. The number of nitrogens with one attached hydrogen (secondary N) is 3. The van der Waals surface area contributed by atoms with Crippen LogP contribution in [0.5, 0.6) is 0 Å². The summed E-state index contributed by atoms with van der Waals surface area (Å²) in [5, 5.41) is 20.3. The molecular weight excluding hydrogens is 506 g/mol. The lowest BCUT2D eigenvalue weighted by atomic mass is 9.95. The van der Waals surface area contributed by atoms with E-state index in [1.807, 2.05) is 36.1 Å². The molecule has 4 rings (SSSR count). The molecule has 2 aromatic carbocycles. The molecule has 1 unspecified atom stereocenters. The van der Waals surface area contributed by atoms with Crippen LogP contribution in [0.25, 0.3) is 11.1 Å². The predicted octanol–water partition coefficient (Wildman–Crippen LogP) is 7.01. The summed E-state index contributed by atoms with van der Waals surface area (Å²) >= 11 is 6.26. The Balaban J connectivity index is 1.64. The Morgan fingerprint density at radius 3 is 2.62 bits per heavy atom. The van der Waals surface area contributed by atoms with Gasteiger partial charge >= 0.3 is 0 Å². The van der Waals surface area contributed by atoms with Gasteiger partial charge in [0.25, 0.3) is 5.91 Å². The second kappa shape index (κ2) is 12.1. The van der Waals surface area contributed by atoms with E-state index in [4.69, 9.17) is 22.4 Å². The molecular formula is C32H38ClN5O. The number of carbonyl (C=O) groups is 1. The minimum absolute atomic E-state index is 0.0181. The summed E-state index contributed by atoms with van der Waals surface area (Å²) in [7, 11) is 1.65. The van der Waals surface area contributed by atoms with Crippen molar-refractivity contribution in [1.82, 2.24) is 15.1 Å². The number of hydrogen-bond acceptors (Lipinski definition) is 4. The fourth-order valence-electron chi connectivity index (χ4n) is 4.84. The third-order valence-corrected chi connectivity index (χ3v) is 7.61. The third-order valence-electron chi connectivity index (χ3n) is 7.37. The van der Waals surface area contributed by atoms with Gasteiger partial charge in [0.05, 0.1) is 12.9 Å². The molecule has 3 N–H and O–H groups in total. The first-order chi connectivity index (χ1) is 18.6. The zero-order valence-electron chi connectivity index (χ0n) is 23.3. The Morgan fingerprint density at radius 1 is 1.23 bits per heavy atom. The van der Waals surface area contributed by atoms with Gasteiger partial charge in [-0.15, -0.1) is 0 Å². The van der Waals surface area contributed by atoms with Gasteiger partial charge in [0.1, 0.15) is 5.84 Å². The highest BCUT2D eigenvalue weighted by Crippen LogP contribution is 2.34. The van der Waals surface area contributed by atoms with Crippen molar-refractivity contribution in [2.24, 2.45) is 5.92 Å². The second-order valence-electron chi connectivity index (χ2n) is 10.6. The molecule has 0 saturated heterocycles. The molecule has 7 heteroatoms. The van der Waals surface area contributed by atoms with Gasteiger partial charge in [-0.05, 0) is 92.1 Å². The highest BCUT2D eigenvalue weighted by atomic mass is 35.5. The number of fused-ring (bicyclic) bond motifs is 1. The van der Waals surface area contributed by atoms with Crippen LogP contribution in [0, 0.1) is 16.7 Å². The van der Waals surface area contributed by atoms with Crippen LogP contribution in [0.15, 0.2) is 72.0 Å². The van der Waals surface area contributed by atoms with Gasteiger partial charge in [0.2, 0.25) is 0 Å². The van der Waals surface area contributed by atoms with Crippen LogP contribution in [0.4, 0.5) is 0 Å². The Bertz CT molecular complexity index is 1370. The van der Waals surface area contributed by atoms with Crippen LogP contribution in [-0.2, 0) is 6.54 Å². The van der Waals surface area contributed by atoms with Crippen molar-refractivity contribution in [1.29, 1.82) is 10.8 Å². The zero-order valence-corrected chi connectivity index (χ0v) is 24.0. The molecule has 204 valence electrons. The molecule has 1 heterocycles. The van der Waals surface area contributed by atoms with Crippen molar-refractivity contribution in [2.75, 3.05) is 13.6 Å². The average Bonchev–Trinajstić information content (AvgIpc) is 3.70. The van der Waals surface area contributed by atoms with Gasteiger partial charge in [-0.2, -0.15) is 0 Å². The van der Waals surface area contributed by atoms with Gasteiger partial charge in [-0.1, -0.05) is 55.0 Å². The minimum Gasteiger partial charge on any atom is -0.321 e. The van der Waals surface area contributed by atoms with Gasteiger partial charge in [0, 0.05) is 34.9 Å². The lowest BCUT2D eigenvalue weighted by Gasteiger charge is -2.22. The van der Waals surface area contributed by atoms with Gasteiger partial charge in [-0.25, -0.2) is 0 Å². The molecule has 1 aliphatic carbocycles.